The molecule has 0 spiro atoms. The van der Waals surface area contributed by atoms with Crippen LogP contribution in [0.4, 0.5) is 0 Å². The molecule has 5 heterocycles. The van der Waals surface area contributed by atoms with E-state index in [0.29, 0.717) is 62.1 Å². The van der Waals surface area contributed by atoms with E-state index in [1.54, 1.807) is 68.0 Å². The summed E-state index contributed by atoms with van der Waals surface area (Å²) < 4.78 is 23.0. The number of aliphatic hydroxyl groups is 1. The molecule has 50 heavy (non-hydrogen) atoms. The van der Waals surface area contributed by atoms with Crippen LogP contribution in [0.5, 0.6) is 11.5 Å². The molecule has 2 aromatic carbocycles. The highest BCUT2D eigenvalue weighted by atomic mass is 35.5. The van der Waals surface area contributed by atoms with Crippen LogP contribution >= 0.6 is 34.5 Å². The van der Waals surface area contributed by atoms with Gasteiger partial charge in [0.2, 0.25) is 0 Å². The highest BCUT2D eigenvalue weighted by Gasteiger charge is 2.44. The number of nitrogens with one attached hydrogen (secondary N) is 2. The van der Waals surface area contributed by atoms with Crippen LogP contribution in [0.2, 0.25) is 10.0 Å². The molecule has 0 radical (unpaired) electrons. The van der Waals surface area contributed by atoms with Crippen molar-refractivity contribution in [2.24, 2.45) is 5.92 Å². The molecular weight excluding hydrogens is 701 g/mol. The van der Waals surface area contributed by atoms with Crippen LogP contribution in [0.1, 0.15) is 50.2 Å². The van der Waals surface area contributed by atoms with Gasteiger partial charge in [0, 0.05) is 36.5 Å². The number of nitrogens with zero attached hydrogens (tertiary/aromatic N) is 1. The number of esters is 2. The molecule has 3 fully saturated rings. The lowest BCUT2D eigenvalue weighted by atomic mass is 9.85. The minimum Gasteiger partial charge on any atom is -0.493 e. The minimum atomic E-state index is -1.89. The van der Waals surface area contributed by atoms with Crippen LogP contribution in [0.25, 0.3) is 0 Å². The van der Waals surface area contributed by atoms with E-state index < -0.39 is 23.6 Å². The molecule has 0 amide bonds. The summed E-state index contributed by atoms with van der Waals surface area (Å²) in [6, 6.07) is 17.7. The van der Waals surface area contributed by atoms with E-state index in [4.69, 9.17) is 42.1 Å². The first kappa shape index (κ1) is 36.1. The smallest absolute Gasteiger partial charge is 0.348 e. The molecule has 13 heteroatoms. The van der Waals surface area contributed by atoms with E-state index in [1.807, 2.05) is 12.1 Å². The summed E-state index contributed by atoms with van der Waals surface area (Å²) in [7, 11) is 3.08. The zero-order valence-corrected chi connectivity index (χ0v) is 30.2. The first-order chi connectivity index (χ1) is 24.2. The summed E-state index contributed by atoms with van der Waals surface area (Å²) in [5.41, 5.74) is -0.156. The van der Waals surface area contributed by atoms with E-state index in [0.717, 1.165) is 30.8 Å². The first-order valence-electron chi connectivity index (χ1n) is 16.5. The van der Waals surface area contributed by atoms with Crippen LogP contribution < -0.4 is 19.8 Å². The summed E-state index contributed by atoms with van der Waals surface area (Å²) in [4.78, 5) is 33.5. The molecule has 0 aliphatic carbocycles. The first-order valence-corrected chi connectivity index (χ1v) is 18.0. The van der Waals surface area contributed by atoms with Crippen molar-refractivity contribution in [2.45, 2.75) is 43.6 Å². The number of aromatic amines is 1. The molecule has 1 unspecified atom stereocenters. The van der Waals surface area contributed by atoms with Gasteiger partial charge in [-0.3, -0.25) is 4.90 Å². The number of halogens is 2. The Balaban J connectivity index is 1.14. The lowest BCUT2D eigenvalue weighted by Gasteiger charge is -2.44. The number of carbonyl (C=O) groups is 2. The Morgan fingerprint density at radius 3 is 2.40 bits per heavy atom. The lowest BCUT2D eigenvalue weighted by Crippen LogP contribution is -2.54. The third-order valence-corrected chi connectivity index (χ3v) is 11.1. The van der Waals surface area contributed by atoms with Gasteiger partial charge in [0.15, 0.2) is 29.5 Å². The fraction of sp³-hybridized carbons (Fsp3) is 0.378. The fourth-order valence-electron chi connectivity index (χ4n) is 6.56. The number of thiophene rings is 1. The summed E-state index contributed by atoms with van der Waals surface area (Å²) >= 11 is 14.2. The van der Waals surface area contributed by atoms with E-state index in [9.17, 15) is 14.7 Å². The average molecular weight is 742 g/mol. The number of hydrogen-bond donors (Lipinski definition) is 2. The van der Waals surface area contributed by atoms with Gasteiger partial charge in [0.1, 0.15) is 27.1 Å². The molecular formula is C37H40Cl2N3O7S+. The standard InChI is InChI=1S/C37H39Cl2N3O7S/c1-46-30-10-8-24(16-32(30)47-2)31(17-27-28(38)19-40-20-29(27)39)48-35(43)34-11-9-26(50-34)18-41-22-37(45,25-6-4-3-5-7-25)36(44)49-33-21-42-14-12-23(33)13-15-42/h3-11,16,19-20,23,31,33,41,45H,12-15,17-18,21-22H2,1-2H3/p+1/t31-,33-,37?/m0/s1. The number of pyridine rings is 1. The molecule has 264 valence electrons. The molecule has 7 rings (SSSR count). The largest absolute Gasteiger partial charge is 0.493 e. The van der Waals surface area contributed by atoms with Crippen LogP contribution in [0, 0.1) is 5.92 Å². The van der Waals surface area contributed by atoms with E-state index in [1.165, 1.54) is 18.4 Å². The maximum atomic E-state index is 13.6. The number of fused-ring (bicyclic) bond motifs is 3. The van der Waals surface area contributed by atoms with Crippen molar-refractivity contribution >= 4 is 46.5 Å². The zero-order valence-electron chi connectivity index (χ0n) is 27.8. The second kappa shape index (κ2) is 16.1. The Kier molecular flexibility index (Phi) is 11.6. The number of H-pyrrole nitrogens is 1. The molecule has 2 bridgehead atoms. The van der Waals surface area contributed by atoms with E-state index in [2.05, 4.69) is 15.2 Å². The SMILES string of the molecule is COc1ccc([C@H](Cc2c(Cl)c[nH+]cc2Cl)OC(=O)c2ccc(CNCC(O)(C(=O)O[C@H]3CN4CCC3CC4)c3ccccc3)s2)cc1OC. The predicted octanol–water partition coefficient (Wildman–Crippen LogP) is 5.64. The summed E-state index contributed by atoms with van der Waals surface area (Å²) in [5, 5.41) is 15.8. The minimum absolute atomic E-state index is 0.0774. The number of rotatable bonds is 14. The van der Waals surface area contributed by atoms with Gasteiger partial charge < -0.3 is 29.4 Å². The number of methoxy groups -OCH3 is 2. The molecule has 10 nitrogen and oxygen atoms in total. The van der Waals surface area contributed by atoms with Crippen molar-refractivity contribution in [3.63, 3.8) is 0 Å². The van der Waals surface area contributed by atoms with Crippen molar-refractivity contribution < 1.29 is 38.6 Å². The molecule has 3 aliphatic rings. The van der Waals surface area contributed by atoms with Crippen LogP contribution in [-0.4, -0.2) is 68.4 Å². The highest BCUT2D eigenvalue weighted by molar-refractivity contribution is 7.13. The van der Waals surface area contributed by atoms with Crippen molar-refractivity contribution in [1.82, 2.24) is 10.2 Å². The van der Waals surface area contributed by atoms with Gasteiger partial charge in [-0.2, -0.15) is 0 Å². The molecule has 0 saturated carbocycles. The Morgan fingerprint density at radius 1 is 1.02 bits per heavy atom. The Morgan fingerprint density at radius 2 is 1.74 bits per heavy atom. The Bertz CT molecular complexity index is 1780. The maximum Gasteiger partial charge on any atom is 0.348 e. The molecule has 3 N–H and O–H groups in total. The predicted molar refractivity (Wildman–Crippen MR) is 190 cm³/mol. The summed E-state index contributed by atoms with van der Waals surface area (Å²) in [6.45, 7) is 2.95. The Hall–Kier alpha value is -3.71. The number of carbonyl (C=O) groups excluding carboxylic acids is 2. The summed E-state index contributed by atoms with van der Waals surface area (Å²) in [5.74, 6) is 0.138. The van der Waals surface area contributed by atoms with Crippen LogP contribution in [-0.2, 0) is 32.8 Å². The lowest BCUT2D eigenvalue weighted by molar-refractivity contribution is -0.377. The third-order valence-electron chi connectivity index (χ3n) is 9.40. The van der Waals surface area contributed by atoms with E-state index in [-0.39, 0.29) is 19.1 Å². The fourth-order valence-corrected chi connectivity index (χ4v) is 7.95. The number of hydrogen-bond acceptors (Lipinski definition) is 10. The molecule has 3 atom stereocenters. The second-order valence-electron chi connectivity index (χ2n) is 12.5. The van der Waals surface area contributed by atoms with Crippen LogP contribution in [0.15, 0.2) is 73.1 Å². The third kappa shape index (κ3) is 8.09. The van der Waals surface area contributed by atoms with Gasteiger partial charge in [-0.1, -0.05) is 59.6 Å². The van der Waals surface area contributed by atoms with Gasteiger partial charge in [0.25, 0.3) is 0 Å². The number of benzene rings is 2. The zero-order chi connectivity index (χ0) is 35.3. The summed E-state index contributed by atoms with van der Waals surface area (Å²) in [6.07, 6.45) is 4.43. The van der Waals surface area contributed by atoms with Gasteiger partial charge in [-0.25, -0.2) is 14.6 Å². The normalized spacial score (nSPS) is 20.1. The molecule has 4 aromatic rings. The quantitative estimate of drug-likeness (QED) is 0.158. The van der Waals surface area contributed by atoms with Crippen molar-refractivity contribution in [3.8, 4) is 11.5 Å². The van der Waals surface area contributed by atoms with Crippen LogP contribution in [0.3, 0.4) is 0 Å². The van der Waals surface area contributed by atoms with Gasteiger partial charge >= 0.3 is 11.9 Å². The van der Waals surface area contributed by atoms with E-state index >= 15 is 0 Å². The van der Waals surface area contributed by atoms with Gasteiger partial charge in [-0.05, 0) is 67.2 Å². The number of aromatic nitrogens is 1. The molecule has 2 aromatic heterocycles. The Labute approximate surface area is 305 Å². The number of piperidine rings is 3. The molecule has 3 saturated heterocycles. The van der Waals surface area contributed by atoms with Gasteiger partial charge in [-0.15, -0.1) is 11.3 Å². The highest BCUT2D eigenvalue weighted by Crippen LogP contribution is 2.36. The maximum absolute atomic E-state index is 13.6. The number of ether oxygens (including phenoxy) is 4. The monoisotopic (exact) mass is 740 g/mol. The molecule has 3 aliphatic heterocycles. The van der Waals surface area contributed by atoms with Gasteiger partial charge in [0.05, 0.1) is 14.2 Å². The second-order valence-corrected chi connectivity index (χ2v) is 14.5. The van der Waals surface area contributed by atoms with Crippen molar-refractivity contribution in [1.29, 1.82) is 0 Å². The van der Waals surface area contributed by atoms with Crippen molar-refractivity contribution in [3.05, 3.63) is 110 Å². The topological polar surface area (TPSA) is 121 Å². The van der Waals surface area contributed by atoms with Crippen molar-refractivity contribution in [2.75, 3.05) is 40.4 Å². The average Bonchev–Trinajstić information content (AvgIpc) is 3.62.